The van der Waals surface area contributed by atoms with E-state index >= 15 is 0 Å². The number of carbonyl (C=O) groups is 1. The monoisotopic (exact) mass is 410 g/mol. The smallest absolute Gasteiger partial charge is 0.317 e. The lowest BCUT2D eigenvalue weighted by Gasteiger charge is -2.38. The third-order valence-corrected chi connectivity index (χ3v) is 6.07. The van der Waals surface area contributed by atoms with Crippen molar-refractivity contribution in [1.82, 2.24) is 10.2 Å². The van der Waals surface area contributed by atoms with Crippen LogP contribution in [0.5, 0.6) is 11.5 Å². The molecule has 0 radical (unpaired) electrons. The molecule has 2 aliphatic heterocycles. The van der Waals surface area contributed by atoms with Crippen molar-refractivity contribution in [2.24, 2.45) is 0 Å². The first kappa shape index (κ1) is 20.5. The van der Waals surface area contributed by atoms with Crippen LogP contribution >= 0.6 is 0 Å². The first-order valence-electron chi connectivity index (χ1n) is 10.7. The summed E-state index contributed by atoms with van der Waals surface area (Å²) < 4.78 is 17.4. The first-order valence-corrected chi connectivity index (χ1v) is 10.7. The highest BCUT2D eigenvalue weighted by Crippen LogP contribution is 2.34. The van der Waals surface area contributed by atoms with E-state index in [0.29, 0.717) is 26.2 Å². The molecular formula is C24H30N2O4. The molecule has 1 unspecified atom stereocenters. The van der Waals surface area contributed by atoms with Gasteiger partial charge < -0.3 is 24.4 Å². The SMILES string of the molecule is CCN(CC1COc2ccccc2O1)C(=O)NCC1(c2ccccc2)CCOCC1. The lowest BCUT2D eigenvalue weighted by atomic mass is 9.74. The molecule has 0 spiro atoms. The summed E-state index contributed by atoms with van der Waals surface area (Å²) in [6.07, 6.45) is 1.62. The molecule has 2 heterocycles. The van der Waals surface area contributed by atoms with Crippen molar-refractivity contribution in [2.75, 3.05) is 39.5 Å². The third kappa shape index (κ3) is 4.54. The number of nitrogens with one attached hydrogen (secondary N) is 1. The van der Waals surface area contributed by atoms with Crippen LogP contribution in [0, 0.1) is 0 Å². The van der Waals surface area contributed by atoms with E-state index < -0.39 is 0 Å². The molecule has 0 saturated carbocycles. The Balaban J connectivity index is 1.38. The van der Waals surface area contributed by atoms with Crippen LogP contribution in [-0.2, 0) is 10.2 Å². The Morgan fingerprint density at radius 1 is 1.07 bits per heavy atom. The highest BCUT2D eigenvalue weighted by molar-refractivity contribution is 5.74. The van der Waals surface area contributed by atoms with Gasteiger partial charge in [-0.15, -0.1) is 0 Å². The molecule has 1 N–H and O–H groups in total. The van der Waals surface area contributed by atoms with Gasteiger partial charge in [-0.2, -0.15) is 0 Å². The maximum absolute atomic E-state index is 13.0. The molecule has 2 aromatic carbocycles. The lowest BCUT2D eigenvalue weighted by Crippen LogP contribution is -2.51. The predicted molar refractivity (Wildman–Crippen MR) is 115 cm³/mol. The highest BCUT2D eigenvalue weighted by Gasteiger charge is 2.35. The molecule has 1 fully saturated rings. The van der Waals surface area contributed by atoms with Gasteiger partial charge in [-0.3, -0.25) is 0 Å². The second-order valence-electron chi connectivity index (χ2n) is 7.95. The molecule has 0 aromatic heterocycles. The molecule has 2 aliphatic rings. The van der Waals surface area contributed by atoms with Gasteiger partial charge in [-0.05, 0) is 37.5 Å². The van der Waals surface area contributed by atoms with Crippen LogP contribution in [0.1, 0.15) is 25.3 Å². The fourth-order valence-electron chi connectivity index (χ4n) is 4.23. The molecule has 1 saturated heterocycles. The number of hydrogen-bond donors (Lipinski definition) is 1. The summed E-state index contributed by atoms with van der Waals surface area (Å²) in [5, 5.41) is 3.19. The fraction of sp³-hybridized carbons (Fsp3) is 0.458. The van der Waals surface area contributed by atoms with E-state index in [1.54, 1.807) is 4.90 Å². The van der Waals surface area contributed by atoms with Crippen LogP contribution in [0.2, 0.25) is 0 Å². The maximum Gasteiger partial charge on any atom is 0.317 e. The Bertz CT molecular complexity index is 836. The van der Waals surface area contributed by atoms with Crippen LogP contribution < -0.4 is 14.8 Å². The van der Waals surface area contributed by atoms with Crippen LogP contribution in [0.4, 0.5) is 4.79 Å². The van der Waals surface area contributed by atoms with Gasteiger partial charge in [0.25, 0.3) is 0 Å². The number of amides is 2. The highest BCUT2D eigenvalue weighted by atomic mass is 16.6. The Morgan fingerprint density at radius 3 is 2.50 bits per heavy atom. The summed E-state index contributed by atoms with van der Waals surface area (Å²) in [6, 6.07) is 18.0. The summed E-state index contributed by atoms with van der Waals surface area (Å²) >= 11 is 0. The van der Waals surface area contributed by atoms with Crippen LogP contribution in [0.25, 0.3) is 0 Å². The molecule has 6 nitrogen and oxygen atoms in total. The van der Waals surface area contributed by atoms with Gasteiger partial charge in [0, 0.05) is 31.7 Å². The molecule has 0 bridgehead atoms. The van der Waals surface area contributed by atoms with Crippen molar-refractivity contribution in [3.8, 4) is 11.5 Å². The normalized spacial score (nSPS) is 19.7. The minimum Gasteiger partial charge on any atom is -0.486 e. The number of likely N-dealkylation sites (N-methyl/N-ethyl adjacent to an activating group) is 1. The maximum atomic E-state index is 13.0. The van der Waals surface area contributed by atoms with Crippen LogP contribution in [-0.4, -0.2) is 56.5 Å². The van der Waals surface area contributed by atoms with E-state index in [1.807, 2.05) is 37.3 Å². The van der Waals surface area contributed by atoms with Crippen LogP contribution in [0.15, 0.2) is 54.6 Å². The topological polar surface area (TPSA) is 60.0 Å². The van der Waals surface area contributed by atoms with Crippen molar-refractivity contribution in [3.05, 3.63) is 60.2 Å². The molecule has 6 heteroatoms. The Morgan fingerprint density at radius 2 is 1.77 bits per heavy atom. The minimum absolute atomic E-state index is 0.0678. The van der Waals surface area contributed by atoms with Gasteiger partial charge in [-0.25, -0.2) is 4.79 Å². The van der Waals surface area contributed by atoms with Crippen molar-refractivity contribution < 1.29 is 19.0 Å². The molecule has 30 heavy (non-hydrogen) atoms. The zero-order valence-corrected chi connectivity index (χ0v) is 17.5. The minimum atomic E-state index is -0.184. The Hall–Kier alpha value is -2.73. The number of fused-ring (bicyclic) bond motifs is 1. The summed E-state index contributed by atoms with van der Waals surface area (Å²) in [6.45, 7) is 5.54. The average molecular weight is 411 g/mol. The number of hydrogen-bond acceptors (Lipinski definition) is 4. The van der Waals surface area contributed by atoms with Gasteiger partial charge >= 0.3 is 6.03 Å². The fourth-order valence-corrected chi connectivity index (χ4v) is 4.23. The van der Waals surface area contributed by atoms with Gasteiger partial charge in [-0.1, -0.05) is 42.5 Å². The van der Waals surface area contributed by atoms with E-state index in [9.17, 15) is 4.79 Å². The van der Waals surface area contributed by atoms with Crippen LogP contribution in [0.3, 0.4) is 0 Å². The second-order valence-corrected chi connectivity index (χ2v) is 7.95. The summed E-state index contributed by atoms with van der Waals surface area (Å²) in [7, 11) is 0. The molecule has 2 amide bonds. The van der Waals surface area contributed by atoms with Crippen molar-refractivity contribution in [2.45, 2.75) is 31.3 Å². The third-order valence-electron chi connectivity index (χ3n) is 6.07. The van der Waals surface area contributed by atoms with E-state index in [-0.39, 0.29) is 17.6 Å². The van der Waals surface area contributed by atoms with E-state index in [1.165, 1.54) is 5.56 Å². The number of urea groups is 1. The Kier molecular flexibility index (Phi) is 6.43. The van der Waals surface area contributed by atoms with E-state index in [2.05, 4.69) is 29.6 Å². The van der Waals surface area contributed by atoms with Gasteiger partial charge in [0.1, 0.15) is 6.61 Å². The molecule has 4 rings (SSSR count). The summed E-state index contributed by atoms with van der Waals surface area (Å²) in [5.41, 5.74) is 1.18. The number of carbonyl (C=O) groups excluding carboxylic acids is 1. The van der Waals surface area contributed by atoms with Crippen molar-refractivity contribution in [1.29, 1.82) is 0 Å². The number of rotatable bonds is 6. The number of ether oxygens (including phenoxy) is 3. The van der Waals surface area contributed by atoms with E-state index in [4.69, 9.17) is 14.2 Å². The van der Waals surface area contributed by atoms with Crippen molar-refractivity contribution in [3.63, 3.8) is 0 Å². The first-order chi connectivity index (χ1) is 14.7. The van der Waals surface area contributed by atoms with E-state index in [0.717, 1.165) is 37.6 Å². The number of nitrogens with zero attached hydrogens (tertiary/aromatic N) is 1. The molecular weight excluding hydrogens is 380 g/mol. The van der Waals surface area contributed by atoms with Gasteiger partial charge in [0.05, 0.1) is 6.54 Å². The zero-order valence-electron chi connectivity index (χ0n) is 17.5. The quantitative estimate of drug-likeness (QED) is 0.790. The van der Waals surface area contributed by atoms with Gasteiger partial charge in [0.15, 0.2) is 17.6 Å². The molecule has 0 aliphatic carbocycles. The summed E-state index contributed by atoms with van der Waals surface area (Å²) in [4.78, 5) is 14.8. The van der Waals surface area contributed by atoms with Crippen molar-refractivity contribution >= 4 is 6.03 Å². The predicted octanol–water partition coefficient (Wildman–Crippen LogP) is 3.61. The molecule has 160 valence electrons. The zero-order chi connectivity index (χ0) is 20.8. The largest absolute Gasteiger partial charge is 0.486 e. The molecule has 2 aromatic rings. The second kappa shape index (κ2) is 9.39. The van der Waals surface area contributed by atoms with Gasteiger partial charge in [0.2, 0.25) is 0 Å². The lowest BCUT2D eigenvalue weighted by molar-refractivity contribution is 0.0487. The average Bonchev–Trinajstić information content (AvgIpc) is 2.82. The molecule has 1 atom stereocenters. The summed E-state index contributed by atoms with van der Waals surface area (Å²) in [5.74, 6) is 1.49. The Labute approximate surface area is 178 Å². The standard InChI is InChI=1S/C24H30N2O4/c1-2-26(16-20-17-29-21-10-6-7-11-22(21)30-20)23(27)25-18-24(12-14-28-15-13-24)19-8-4-3-5-9-19/h3-11,20H,2,12-18H2,1H3,(H,25,27). The number of benzene rings is 2. The number of para-hydroxylation sites is 2.